The summed E-state index contributed by atoms with van der Waals surface area (Å²) < 4.78 is 12.1. The number of fused-ring (bicyclic) bond motifs is 1. The number of aryl methyl sites for hydroxylation is 1. The Hall–Kier alpha value is -3.94. The molecule has 0 bridgehead atoms. The van der Waals surface area contributed by atoms with Gasteiger partial charge in [0.25, 0.3) is 5.91 Å². The molecule has 8 heteroatoms. The molecule has 4 rings (SSSR count). The maximum Gasteiger partial charge on any atom is 0.359 e. The Morgan fingerprint density at radius 2 is 1.85 bits per heavy atom. The van der Waals surface area contributed by atoms with E-state index in [9.17, 15) is 14.4 Å². The van der Waals surface area contributed by atoms with Crippen LogP contribution in [0.15, 0.2) is 48.5 Å². The van der Waals surface area contributed by atoms with Gasteiger partial charge in [-0.05, 0) is 44.2 Å². The summed E-state index contributed by atoms with van der Waals surface area (Å²) in [6.07, 6.45) is 0.533. The minimum Gasteiger partial charge on any atom is -0.461 e. The molecule has 0 aliphatic carbocycles. The molecule has 1 aromatic heterocycles. The number of hydrogen-bond acceptors (Lipinski definition) is 6. The summed E-state index contributed by atoms with van der Waals surface area (Å²) in [5, 5.41) is 4.57. The normalized spacial score (nSPS) is 12.8. The quantitative estimate of drug-likeness (QED) is 0.439. The Morgan fingerprint density at radius 1 is 1.09 bits per heavy atom. The van der Waals surface area contributed by atoms with Crippen molar-refractivity contribution in [2.45, 2.75) is 33.7 Å². The highest BCUT2D eigenvalue weighted by Gasteiger charge is 2.31. The van der Waals surface area contributed by atoms with Gasteiger partial charge >= 0.3 is 11.9 Å². The minimum atomic E-state index is -0.509. The molecular formula is C25H25N3O5. The van der Waals surface area contributed by atoms with Crippen LogP contribution in [0.4, 0.5) is 0 Å². The van der Waals surface area contributed by atoms with Gasteiger partial charge in [-0.15, -0.1) is 0 Å². The summed E-state index contributed by atoms with van der Waals surface area (Å²) in [6.45, 7) is 5.98. The SMILES string of the molecule is CCOC(=O)c1nn(-c2ccc(C)cc2)c2c1CN(C(=O)c1cccc(OC(C)=O)c1)CC2. The van der Waals surface area contributed by atoms with Crippen molar-refractivity contribution in [3.8, 4) is 11.4 Å². The number of aromatic nitrogens is 2. The van der Waals surface area contributed by atoms with Gasteiger partial charge in [0.2, 0.25) is 0 Å². The van der Waals surface area contributed by atoms with Gasteiger partial charge in [0.1, 0.15) is 5.75 Å². The minimum absolute atomic E-state index is 0.215. The summed E-state index contributed by atoms with van der Waals surface area (Å²) in [5.41, 5.74) is 4.17. The van der Waals surface area contributed by atoms with Gasteiger partial charge < -0.3 is 14.4 Å². The van der Waals surface area contributed by atoms with Gasteiger partial charge in [-0.1, -0.05) is 23.8 Å². The number of benzene rings is 2. The van der Waals surface area contributed by atoms with E-state index < -0.39 is 11.9 Å². The predicted molar refractivity (Wildman–Crippen MR) is 120 cm³/mol. The van der Waals surface area contributed by atoms with Crippen LogP contribution in [-0.2, 0) is 22.5 Å². The first-order valence-electron chi connectivity index (χ1n) is 10.8. The highest BCUT2D eigenvalue weighted by Crippen LogP contribution is 2.27. The summed E-state index contributed by atoms with van der Waals surface area (Å²) in [5.74, 6) is -0.867. The summed E-state index contributed by atoms with van der Waals surface area (Å²) in [7, 11) is 0. The molecule has 3 aromatic rings. The van der Waals surface area contributed by atoms with E-state index in [1.165, 1.54) is 6.92 Å². The molecule has 8 nitrogen and oxygen atoms in total. The van der Waals surface area contributed by atoms with E-state index >= 15 is 0 Å². The van der Waals surface area contributed by atoms with E-state index in [1.54, 1.807) is 40.8 Å². The van der Waals surface area contributed by atoms with Crippen LogP contribution in [0.5, 0.6) is 5.75 Å². The number of esters is 2. The molecule has 0 spiro atoms. The molecule has 2 aromatic carbocycles. The van der Waals surface area contributed by atoms with Crippen LogP contribution in [0.2, 0.25) is 0 Å². The Labute approximate surface area is 191 Å². The number of nitrogens with zero attached hydrogens (tertiary/aromatic N) is 3. The third-order valence-electron chi connectivity index (χ3n) is 5.43. The number of rotatable bonds is 5. The van der Waals surface area contributed by atoms with Gasteiger partial charge in [0, 0.05) is 31.0 Å². The second-order valence-electron chi connectivity index (χ2n) is 7.84. The van der Waals surface area contributed by atoms with Crippen molar-refractivity contribution in [3.63, 3.8) is 0 Å². The lowest BCUT2D eigenvalue weighted by atomic mass is 10.0. The van der Waals surface area contributed by atoms with Gasteiger partial charge in [0.15, 0.2) is 5.69 Å². The standard InChI is InChI=1S/C25H25N3O5/c1-4-32-25(31)23-21-15-27(24(30)18-6-5-7-20(14-18)33-17(3)29)13-12-22(21)28(26-23)19-10-8-16(2)9-11-19/h5-11,14H,4,12-13,15H2,1-3H3. The van der Waals surface area contributed by atoms with E-state index in [1.807, 2.05) is 31.2 Å². The van der Waals surface area contributed by atoms with Gasteiger partial charge in [0.05, 0.1) is 24.5 Å². The van der Waals surface area contributed by atoms with Crippen molar-refractivity contribution in [1.29, 1.82) is 0 Å². The molecule has 0 radical (unpaired) electrons. The number of carbonyl (C=O) groups excluding carboxylic acids is 3. The average Bonchev–Trinajstić information content (AvgIpc) is 3.18. The lowest BCUT2D eigenvalue weighted by Gasteiger charge is -2.28. The van der Waals surface area contributed by atoms with Crippen LogP contribution in [0.3, 0.4) is 0 Å². The van der Waals surface area contributed by atoms with Crippen LogP contribution in [0.25, 0.3) is 5.69 Å². The van der Waals surface area contributed by atoms with Crippen molar-refractivity contribution in [3.05, 3.63) is 76.6 Å². The summed E-state index contributed by atoms with van der Waals surface area (Å²) in [4.78, 5) is 38.8. The molecular weight excluding hydrogens is 422 g/mol. The first-order chi connectivity index (χ1) is 15.9. The zero-order valence-electron chi connectivity index (χ0n) is 18.8. The fourth-order valence-corrected chi connectivity index (χ4v) is 3.90. The lowest BCUT2D eigenvalue weighted by Crippen LogP contribution is -2.36. The number of amides is 1. The van der Waals surface area contributed by atoms with Crippen molar-refractivity contribution in [2.24, 2.45) is 0 Å². The van der Waals surface area contributed by atoms with E-state index in [0.29, 0.717) is 29.8 Å². The Bertz CT molecular complexity index is 1210. The number of ether oxygens (including phenoxy) is 2. The van der Waals surface area contributed by atoms with Crippen molar-refractivity contribution >= 4 is 17.8 Å². The molecule has 0 N–H and O–H groups in total. The van der Waals surface area contributed by atoms with Crippen LogP contribution in [0, 0.1) is 6.92 Å². The van der Waals surface area contributed by atoms with Crippen LogP contribution in [-0.4, -0.2) is 45.7 Å². The van der Waals surface area contributed by atoms with E-state index in [0.717, 1.165) is 16.9 Å². The molecule has 0 saturated heterocycles. The van der Waals surface area contributed by atoms with Gasteiger partial charge in [-0.3, -0.25) is 9.59 Å². The maximum absolute atomic E-state index is 13.2. The number of hydrogen-bond donors (Lipinski definition) is 0. The van der Waals surface area contributed by atoms with Crippen LogP contribution < -0.4 is 4.74 Å². The second-order valence-corrected chi connectivity index (χ2v) is 7.84. The van der Waals surface area contributed by atoms with Crippen molar-refractivity contribution < 1.29 is 23.9 Å². The number of carbonyl (C=O) groups is 3. The molecule has 1 aliphatic heterocycles. The third kappa shape index (κ3) is 4.64. The summed E-state index contributed by atoms with van der Waals surface area (Å²) in [6, 6.07) is 14.4. The molecule has 1 amide bonds. The monoisotopic (exact) mass is 447 g/mol. The molecule has 0 saturated carbocycles. The smallest absolute Gasteiger partial charge is 0.359 e. The topological polar surface area (TPSA) is 90.7 Å². The molecule has 0 unspecified atom stereocenters. The Balaban J connectivity index is 1.67. The molecule has 170 valence electrons. The largest absolute Gasteiger partial charge is 0.461 e. The van der Waals surface area contributed by atoms with Crippen LogP contribution in [0.1, 0.15) is 51.5 Å². The average molecular weight is 447 g/mol. The Kier molecular flexibility index (Phi) is 6.26. The van der Waals surface area contributed by atoms with E-state index in [-0.39, 0.29) is 24.8 Å². The summed E-state index contributed by atoms with van der Waals surface area (Å²) >= 11 is 0. The van der Waals surface area contributed by atoms with Gasteiger partial charge in [-0.25, -0.2) is 9.48 Å². The fourth-order valence-electron chi connectivity index (χ4n) is 3.90. The first-order valence-corrected chi connectivity index (χ1v) is 10.8. The molecule has 1 aliphatic rings. The van der Waals surface area contributed by atoms with Crippen molar-refractivity contribution in [2.75, 3.05) is 13.2 Å². The molecule has 0 fully saturated rings. The zero-order chi connectivity index (χ0) is 23.5. The van der Waals surface area contributed by atoms with E-state index in [4.69, 9.17) is 9.47 Å². The van der Waals surface area contributed by atoms with Crippen molar-refractivity contribution in [1.82, 2.24) is 14.7 Å². The second kappa shape index (κ2) is 9.28. The van der Waals surface area contributed by atoms with E-state index in [2.05, 4.69) is 5.10 Å². The highest BCUT2D eigenvalue weighted by molar-refractivity contribution is 5.95. The zero-order valence-corrected chi connectivity index (χ0v) is 18.8. The fraction of sp³-hybridized carbons (Fsp3) is 0.280. The molecule has 0 atom stereocenters. The lowest BCUT2D eigenvalue weighted by molar-refractivity contribution is -0.131. The van der Waals surface area contributed by atoms with Crippen LogP contribution >= 0.6 is 0 Å². The molecule has 33 heavy (non-hydrogen) atoms. The molecule has 2 heterocycles. The van der Waals surface area contributed by atoms with Gasteiger partial charge in [-0.2, -0.15) is 5.10 Å². The maximum atomic E-state index is 13.2. The highest BCUT2D eigenvalue weighted by atomic mass is 16.5. The third-order valence-corrected chi connectivity index (χ3v) is 5.43. The predicted octanol–water partition coefficient (Wildman–Crippen LogP) is 3.48. The first kappa shape index (κ1) is 22.3. The Morgan fingerprint density at radius 3 is 2.55 bits per heavy atom.